The number of nitrogens with one attached hydrogen (secondary N) is 2. The van der Waals surface area contributed by atoms with Crippen LogP contribution in [-0.4, -0.2) is 29.3 Å². The van der Waals surface area contributed by atoms with Crippen LogP contribution >= 0.6 is 0 Å². The van der Waals surface area contributed by atoms with Crippen molar-refractivity contribution in [3.63, 3.8) is 0 Å². The smallest absolute Gasteiger partial charge is 0.324 e. The number of imide groups is 1. The Morgan fingerprint density at radius 3 is 2.42 bits per heavy atom. The SMILES string of the molecule is NNC(=O)Cc1ccc(CN2C(=O)CNC2=O)cc1. The Morgan fingerprint density at radius 1 is 1.26 bits per heavy atom. The van der Waals surface area contributed by atoms with Crippen molar-refractivity contribution in [1.29, 1.82) is 0 Å². The van der Waals surface area contributed by atoms with Gasteiger partial charge in [-0.1, -0.05) is 24.3 Å². The van der Waals surface area contributed by atoms with Gasteiger partial charge >= 0.3 is 6.03 Å². The number of hydrazine groups is 1. The van der Waals surface area contributed by atoms with Gasteiger partial charge in [0.05, 0.1) is 19.5 Å². The maximum atomic E-state index is 11.4. The fourth-order valence-electron chi connectivity index (χ4n) is 1.80. The first-order chi connectivity index (χ1) is 9.10. The van der Waals surface area contributed by atoms with Crippen LogP contribution in [0.2, 0.25) is 0 Å². The molecule has 0 saturated carbocycles. The van der Waals surface area contributed by atoms with E-state index in [9.17, 15) is 14.4 Å². The summed E-state index contributed by atoms with van der Waals surface area (Å²) in [7, 11) is 0. The molecular formula is C12H14N4O3. The third kappa shape index (κ3) is 3.08. The number of carbonyl (C=O) groups excluding carboxylic acids is 3. The summed E-state index contributed by atoms with van der Waals surface area (Å²) in [5.74, 6) is 4.49. The Hall–Kier alpha value is -2.41. The van der Waals surface area contributed by atoms with E-state index in [2.05, 4.69) is 10.7 Å². The second-order valence-corrected chi connectivity index (χ2v) is 4.20. The highest BCUT2D eigenvalue weighted by molar-refractivity contribution is 6.01. The summed E-state index contributed by atoms with van der Waals surface area (Å²) in [6.07, 6.45) is 0.194. The quantitative estimate of drug-likeness (QED) is 0.288. The minimum absolute atomic E-state index is 0.0492. The summed E-state index contributed by atoms with van der Waals surface area (Å²) in [4.78, 5) is 35.0. The molecule has 1 aliphatic heterocycles. The fraction of sp³-hybridized carbons (Fsp3) is 0.250. The van der Waals surface area contributed by atoms with Crippen molar-refractivity contribution in [1.82, 2.24) is 15.6 Å². The lowest BCUT2D eigenvalue weighted by molar-refractivity contribution is -0.125. The van der Waals surface area contributed by atoms with Crippen LogP contribution in [0.1, 0.15) is 11.1 Å². The van der Waals surface area contributed by atoms with Crippen molar-refractivity contribution in [2.45, 2.75) is 13.0 Å². The first-order valence-corrected chi connectivity index (χ1v) is 5.75. The zero-order chi connectivity index (χ0) is 13.8. The van der Waals surface area contributed by atoms with Gasteiger partial charge in [0.2, 0.25) is 11.8 Å². The monoisotopic (exact) mass is 262 g/mol. The third-order valence-corrected chi connectivity index (χ3v) is 2.83. The van der Waals surface area contributed by atoms with E-state index >= 15 is 0 Å². The highest BCUT2D eigenvalue weighted by Gasteiger charge is 2.28. The lowest BCUT2D eigenvalue weighted by atomic mass is 10.1. The van der Waals surface area contributed by atoms with Crippen molar-refractivity contribution in [3.8, 4) is 0 Å². The van der Waals surface area contributed by atoms with E-state index in [1.54, 1.807) is 24.3 Å². The summed E-state index contributed by atoms with van der Waals surface area (Å²) in [5.41, 5.74) is 3.68. The average molecular weight is 262 g/mol. The molecular weight excluding hydrogens is 248 g/mol. The van der Waals surface area contributed by atoms with Crippen LogP contribution in [0, 0.1) is 0 Å². The molecule has 1 saturated heterocycles. The van der Waals surface area contributed by atoms with Crippen molar-refractivity contribution in [3.05, 3.63) is 35.4 Å². The van der Waals surface area contributed by atoms with Gasteiger partial charge in [0.25, 0.3) is 0 Å². The molecule has 0 aromatic heterocycles. The predicted molar refractivity (Wildman–Crippen MR) is 66.4 cm³/mol. The largest absolute Gasteiger partial charge is 0.329 e. The molecule has 2 rings (SSSR count). The normalized spacial score (nSPS) is 14.5. The van der Waals surface area contributed by atoms with Gasteiger partial charge in [0.15, 0.2) is 0 Å². The average Bonchev–Trinajstić information content (AvgIpc) is 2.72. The molecule has 0 atom stereocenters. The van der Waals surface area contributed by atoms with Crippen LogP contribution in [0.15, 0.2) is 24.3 Å². The number of nitrogens with two attached hydrogens (primary N) is 1. The minimum atomic E-state index is -0.378. The Morgan fingerprint density at radius 2 is 1.89 bits per heavy atom. The molecule has 1 aromatic rings. The molecule has 1 heterocycles. The Bertz CT molecular complexity index is 496. The summed E-state index contributed by atoms with van der Waals surface area (Å²) < 4.78 is 0. The van der Waals surface area contributed by atoms with Gasteiger partial charge in [-0.2, -0.15) is 0 Å². The molecule has 100 valence electrons. The standard InChI is InChI=1S/C12H14N4O3/c13-15-10(17)5-8-1-3-9(4-2-8)7-16-11(18)6-14-12(16)19/h1-4H,5-7,13H2,(H,14,19)(H,15,17). The molecule has 4 N–H and O–H groups in total. The predicted octanol–water partition coefficient (Wildman–Crippen LogP) is -0.729. The minimum Gasteiger partial charge on any atom is -0.329 e. The van der Waals surface area contributed by atoms with E-state index in [4.69, 9.17) is 5.84 Å². The van der Waals surface area contributed by atoms with Gasteiger partial charge in [-0.15, -0.1) is 0 Å². The van der Waals surface area contributed by atoms with Crippen LogP contribution in [0.25, 0.3) is 0 Å². The van der Waals surface area contributed by atoms with Gasteiger partial charge in [0, 0.05) is 0 Å². The number of hydrogen-bond acceptors (Lipinski definition) is 4. The Labute approximate surface area is 109 Å². The molecule has 1 aliphatic rings. The second kappa shape index (κ2) is 5.49. The molecule has 0 unspecified atom stereocenters. The van der Waals surface area contributed by atoms with E-state index in [0.717, 1.165) is 16.0 Å². The summed E-state index contributed by atoms with van der Waals surface area (Å²) in [5, 5.41) is 2.46. The van der Waals surface area contributed by atoms with Gasteiger partial charge < -0.3 is 5.32 Å². The third-order valence-electron chi connectivity index (χ3n) is 2.83. The molecule has 0 bridgehead atoms. The van der Waals surface area contributed by atoms with Crippen LogP contribution < -0.4 is 16.6 Å². The highest BCUT2D eigenvalue weighted by Crippen LogP contribution is 2.10. The lowest BCUT2D eigenvalue weighted by Crippen LogP contribution is -2.31. The number of nitrogens with zero attached hydrogens (tertiary/aromatic N) is 1. The van der Waals surface area contributed by atoms with Crippen LogP contribution in [-0.2, 0) is 22.6 Å². The lowest BCUT2D eigenvalue weighted by Gasteiger charge is -2.12. The molecule has 0 spiro atoms. The first-order valence-electron chi connectivity index (χ1n) is 5.75. The van der Waals surface area contributed by atoms with Crippen LogP contribution in [0.4, 0.5) is 4.79 Å². The van der Waals surface area contributed by atoms with E-state index < -0.39 is 0 Å². The van der Waals surface area contributed by atoms with Gasteiger partial charge in [0.1, 0.15) is 0 Å². The van der Waals surface area contributed by atoms with E-state index in [0.29, 0.717) is 0 Å². The second-order valence-electron chi connectivity index (χ2n) is 4.20. The van der Waals surface area contributed by atoms with Crippen LogP contribution in [0.5, 0.6) is 0 Å². The van der Waals surface area contributed by atoms with Crippen molar-refractivity contribution in [2.75, 3.05) is 6.54 Å². The fourth-order valence-corrected chi connectivity index (χ4v) is 1.80. The topological polar surface area (TPSA) is 105 Å². The number of carbonyl (C=O) groups is 3. The zero-order valence-electron chi connectivity index (χ0n) is 10.2. The first kappa shape index (κ1) is 13.0. The summed E-state index contributed by atoms with van der Waals surface area (Å²) >= 11 is 0. The van der Waals surface area contributed by atoms with Crippen LogP contribution in [0.3, 0.4) is 0 Å². The Kier molecular flexibility index (Phi) is 3.76. The number of amides is 4. The number of urea groups is 1. The molecule has 0 radical (unpaired) electrons. The van der Waals surface area contributed by atoms with Crippen molar-refractivity contribution < 1.29 is 14.4 Å². The molecule has 4 amide bonds. The number of benzene rings is 1. The summed E-state index contributed by atoms with van der Waals surface area (Å²) in [6.45, 7) is 0.279. The van der Waals surface area contributed by atoms with Crippen molar-refractivity contribution in [2.24, 2.45) is 5.84 Å². The zero-order valence-corrected chi connectivity index (χ0v) is 10.2. The summed E-state index contributed by atoms with van der Waals surface area (Å²) in [6, 6.07) is 6.71. The molecule has 19 heavy (non-hydrogen) atoms. The number of hydrogen-bond donors (Lipinski definition) is 3. The number of rotatable bonds is 4. The molecule has 1 fully saturated rings. The maximum absolute atomic E-state index is 11.4. The Balaban J connectivity index is 2.00. The van der Waals surface area contributed by atoms with Gasteiger partial charge in [-0.05, 0) is 11.1 Å². The van der Waals surface area contributed by atoms with E-state index in [1.165, 1.54) is 0 Å². The van der Waals surface area contributed by atoms with Gasteiger partial charge in [-0.25, -0.2) is 10.6 Å². The van der Waals surface area contributed by atoms with Gasteiger partial charge in [-0.3, -0.25) is 19.9 Å². The molecule has 7 nitrogen and oxygen atoms in total. The van der Waals surface area contributed by atoms with Crippen molar-refractivity contribution >= 4 is 17.8 Å². The molecule has 1 aromatic carbocycles. The molecule has 7 heteroatoms. The van der Waals surface area contributed by atoms with E-state index in [-0.39, 0.29) is 37.4 Å². The maximum Gasteiger partial charge on any atom is 0.324 e. The highest BCUT2D eigenvalue weighted by atomic mass is 16.2. The van der Waals surface area contributed by atoms with E-state index in [1.807, 2.05) is 0 Å². The molecule has 0 aliphatic carbocycles.